The Morgan fingerprint density at radius 2 is 2.05 bits per heavy atom. The summed E-state index contributed by atoms with van der Waals surface area (Å²) in [6, 6.07) is -0.787. The molecule has 0 aliphatic carbocycles. The monoisotopic (exact) mass is 309 g/mol. The van der Waals surface area contributed by atoms with Crippen molar-refractivity contribution in [3.63, 3.8) is 0 Å². The predicted molar refractivity (Wildman–Crippen MR) is 75.9 cm³/mol. The van der Waals surface area contributed by atoms with E-state index in [1.807, 2.05) is 0 Å². The topological polar surface area (TPSA) is 94.1 Å². The van der Waals surface area contributed by atoms with E-state index in [9.17, 15) is 14.5 Å². The lowest BCUT2D eigenvalue weighted by molar-refractivity contribution is 0.0414. The first kappa shape index (κ1) is 19.1. The van der Waals surface area contributed by atoms with Crippen LogP contribution in [0.2, 0.25) is 0 Å². The molecule has 0 aromatic carbocycles. The van der Waals surface area contributed by atoms with Gasteiger partial charge in [0.25, 0.3) is 0 Å². The zero-order valence-electron chi connectivity index (χ0n) is 12.5. The number of alkyl carbamates (subject to hydrolysis) is 1. The molecule has 2 N–H and O–H groups in total. The molecule has 0 radical (unpaired) electrons. The number of hydrogen-bond acceptors (Lipinski definition) is 6. The van der Waals surface area contributed by atoms with Gasteiger partial charge in [-0.2, -0.15) is 0 Å². The second kappa shape index (κ2) is 9.13. The van der Waals surface area contributed by atoms with Gasteiger partial charge in [0, 0.05) is 7.11 Å². The van der Waals surface area contributed by atoms with Gasteiger partial charge in [0.05, 0.1) is 18.8 Å². The minimum Gasteiger partial charge on any atom is -0.444 e. The van der Waals surface area contributed by atoms with Gasteiger partial charge in [-0.3, -0.25) is 4.57 Å². The van der Waals surface area contributed by atoms with Gasteiger partial charge in [-0.25, -0.2) is 4.79 Å². The summed E-state index contributed by atoms with van der Waals surface area (Å²) in [6.45, 7) is 6.75. The van der Waals surface area contributed by atoms with Crippen LogP contribution in [0.4, 0.5) is 4.79 Å². The van der Waals surface area contributed by atoms with Gasteiger partial charge in [-0.05, 0) is 27.7 Å². The number of amides is 1. The van der Waals surface area contributed by atoms with Gasteiger partial charge in [-0.1, -0.05) is 12.2 Å². The van der Waals surface area contributed by atoms with E-state index >= 15 is 0 Å². The molecule has 20 heavy (non-hydrogen) atoms. The summed E-state index contributed by atoms with van der Waals surface area (Å²) >= 11 is 0. The van der Waals surface area contributed by atoms with E-state index in [2.05, 4.69) is 9.84 Å². The van der Waals surface area contributed by atoms with Crippen molar-refractivity contribution >= 4 is 14.3 Å². The first-order chi connectivity index (χ1) is 9.19. The first-order valence-corrected chi connectivity index (χ1v) is 7.43. The Bertz CT molecular complexity index is 352. The highest BCUT2D eigenvalue weighted by Gasteiger charge is 2.24. The van der Waals surface area contributed by atoms with Crippen LogP contribution in [0.1, 0.15) is 27.7 Å². The average molecular weight is 309 g/mol. The third-order valence-corrected chi connectivity index (χ3v) is 2.79. The lowest BCUT2D eigenvalue weighted by atomic mass is 10.1. The minimum atomic E-state index is -2.62. The summed E-state index contributed by atoms with van der Waals surface area (Å²) in [6.07, 6.45) is 1.44. The van der Waals surface area contributed by atoms with Crippen LogP contribution in [-0.2, 0) is 18.3 Å². The van der Waals surface area contributed by atoms with Gasteiger partial charge in [0.2, 0.25) is 0 Å². The van der Waals surface area contributed by atoms with E-state index in [1.54, 1.807) is 33.8 Å². The Labute approximate surface area is 120 Å². The lowest BCUT2D eigenvalue weighted by Gasteiger charge is -2.25. The molecule has 7 nitrogen and oxygen atoms in total. The molecule has 0 heterocycles. The standard InChI is InChI=1S/C12H24NO6P/c1-6-7-10(14)9(8-18-20(16)17-5)13-11(15)19-12(2,3)4/h6-7,9-10,14,20H,8H2,1-5H3,(H,13,15)/b7-6+/t9-,10+/m0/s1. The van der Waals surface area contributed by atoms with E-state index < -0.39 is 32.1 Å². The number of aliphatic hydroxyl groups excluding tert-OH is 1. The fourth-order valence-corrected chi connectivity index (χ4v) is 1.67. The molecule has 0 aliphatic rings. The molecule has 3 atom stereocenters. The molecule has 0 saturated carbocycles. The highest BCUT2D eigenvalue weighted by molar-refractivity contribution is 7.33. The van der Waals surface area contributed by atoms with Crippen LogP contribution >= 0.6 is 8.25 Å². The van der Waals surface area contributed by atoms with Crippen molar-refractivity contribution in [3.8, 4) is 0 Å². The summed E-state index contributed by atoms with van der Waals surface area (Å²) in [5, 5.41) is 12.3. The van der Waals surface area contributed by atoms with Crippen molar-refractivity contribution < 1.29 is 28.3 Å². The van der Waals surface area contributed by atoms with Crippen molar-refractivity contribution in [2.45, 2.75) is 45.4 Å². The van der Waals surface area contributed by atoms with Crippen molar-refractivity contribution in [2.75, 3.05) is 13.7 Å². The molecule has 0 bridgehead atoms. The Hall–Kier alpha value is -0.880. The van der Waals surface area contributed by atoms with Gasteiger partial charge in [0.15, 0.2) is 0 Å². The fraction of sp³-hybridized carbons (Fsp3) is 0.750. The molecule has 0 fully saturated rings. The Kier molecular flexibility index (Phi) is 8.73. The first-order valence-electron chi connectivity index (χ1n) is 6.20. The molecule has 0 rings (SSSR count). The van der Waals surface area contributed by atoms with Crippen LogP contribution in [0.5, 0.6) is 0 Å². The Morgan fingerprint density at radius 1 is 1.45 bits per heavy atom. The molecule has 8 heteroatoms. The highest BCUT2D eigenvalue weighted by Crippen LogP contribution is 2.22. The smallest absolute Gasteiger partial charge is 0.408 e. The second-order valence-corrected chi connectivity index (χ2v) is 6.23. The number of nitrogens with one attached hydrogen (secondary N) is 1. The highest BCUT2D eigenvalue weighted by atomic mass is 31.1. The van der Waals surface area contributed by atoms with Crippen molar-refractivity contribution in [1.29, 1.82) is 0 Å². The quantitative estimate of drug-likeness (QED) is 0.551. The van der Waals surface area contributed by atoms with Crippen molar-refractivity contribution in [3.05, 3.63) is 12.2 Å². The van der Waals surface area contributed by atoms with Gasteiger partial charge in [0.1, 0.15) is 5.60 Å². The fourth-order valence-electron chi connectivity index (χ4n) is 1.23. The third kappa shape index (κ3) is 9.09. The van der Waals surface area contributed by atoms with Crippen LogP contribution in [-0.4, -0.2) is 42.7 Å². The molecule has 0 aromatic rings. The molecular formula is C12H24NO6P. The van der Waals surface area contributed by atoms with E-state index in [0.29, 0.717) is 0 Å². The van der Waals surface area contributed by atoms with Crippen molar-refractivity contribution in [1.82, 2.24) is 5.32 Å². The molecule has 0 spiro atoms. The predicted octanol–water partition coefficient (Wildman–Crippen LogP) is 1.87. The number of carbonyl (C=O) groups excluding carboxylic acids is 1. The molecule has 118 valence electrons. The second-order valence-electron chi connectivity index (χ2n) is 5.03. The van der Waals surface area contributed by atoms with Gasteiger partial charge >= 0.3 is 14.3 Å². The maximum absolute atomic E-state index is 11.7. The lowest BCUT2D eigenvalue weighted by Crippen LogP contribution is -2.47. The van der Waals surface area contributed by atoms with E-state index in [4.69, 9.17) is 9.26 Å². The van der Waals surface area contributed by atoms with Gasteiger partial charge in [-0.15, -0.1) is 0 Å². The van der Waals surface area contributed by atoms with E-state index in [-0.39, 0.29) is 6.61 Å². The van der Waals surface area contributed by atoms with E-state index in [1.165, 1.54) is 13.2 Å². The number of aliphatic hydroxyl groups is 1. The van der Waals surface area contributed by atoms with Crippen LogP contribution in [0.3, 0.4) is 0 Å². The Balaban J connectivity index is 4.60. The zero-order valence-corrected chi connectivity index (χ0v) is 13.5. The normalized spacial score (nSPS) is 16.7. The molecule has 1 unspecified atom stereocenters. The van der Waals surface area contributed by atoms with E-state index in [0.717, 1.165) is 0 Å². The SMILES string of the molecule is C/C=C/[C@@H](O)[C@H](CO[PH](=O)OC)NC(=O)OC(C)(C)C. The molecule has 1 amide bonds. The summed E-state index contributed by atoms with van der Waals surface area (Å²) in [5.41, 5.74) is -0.652. The minimum absolute atomic E-state index is 0.156. The van der Waals surface area contributed by atoms with Gasteiger partial charge < -0.3 is 24.2 Å². The molecular weight excluding hydrogens is 285 g/mol. The molecule has 0 aliphatic heterocycles. The van der Waals surface area contributed by atoms with Crippen LogP contribution < -0.4 is 5.32 Å². The summed E-state index contributed by atoms with van der Waals surface area (Å²) in [7, 11) is -1.37. The number of allylic oxidation sites excluding steroid dienone is 1. The zero-order chi connectivity index (χ0) is 15.8. The number of hydrogen-bond donors (Lipinski definition) is 2. The molecule has 0 aromatic heterocycles. The van der Waals surface area contributed by atoms with Crippen LogP contribution in [0.25, 0.3) is 0 Å². The number of rotatable bonds is 7. The van der Waals surface area contributed by atoms with Crippen LogP contribution in [0, 0.1) is 0 Å². The summed E-state index contributed by atoms with van der Waals surface area (Å²) < 4.78 is 25.6. The third-order valence-electron chi connectivity index (χ3n) is 2.05. The molecule has 0 saturated heterocycles. The largest absolute Gasteiger partial charge is 0.444 e. The average Bonchev–Trinajstić information content (AvgIpc) is 2.31. The summed E-state index contributed by atoms with van der Waals surface area (Å²) in [4.78, 5) is 11.7. The maximum Gasteiger partial charge on any atom is 0.408 e. The number of carbonyl (C=O) groups is 1. The van der Waals surface area contributed by atoms with Crippen molar-refractivity contribution in [2.24, 2.45) is 0 Å². The number of ether oxygens (including phenoxy) is 1. The Morgan fingerprint density at radius 3 is 2.50 bits per heavy atom. The summed E-state index contributed by atoms with van der Waals surface area (Å²) in [5.74, 6) is 0. The maximum atomic E-state index is 11.7. The van der Waals surface area contributed by atoms with Crippen LogP contribution in [0.15, 0.2) is 12.2 Å².